The van der Waals surface area contributed by atoms with Crippen molar-refractivity contribution in [1.82, 2.24) is 4.90 Å². The van der Waals surface area contributed by atoms with Crippen molar-refractivity contribution in [3.05, 3.63) is 29.8 Å². The summed E-state index contributed by atoms with van der Waals surface area (Å²) in [6, 6.07) is 6.69. The summed E-state index contributed by atoms with van der Waals surface area (Å²) in [6.45, 7) is 7.89. The van der Waals surface area contributed by atoms with Crippen LogP contribution in [0.25, 0.3) is 0 Å². The van der Waals surface area contributed by atoms with Crippen molar-refractivity contribution in [2.45, 2.75) is 39.8 Å². The lowest BCUT2D eigenvalue weighted by Crippen LogP contribution is -2.42. The van der Waals surface area contributed by atoms with E-state index in [0.29, 0.717) is 5.56 Å². The van der Waals surface area contributed by atoms with Crippen LogP contribution in [0.4, 0.5) is 0 Å². The Morgan fingerprint density at radius 2 is 1.85 bits per heavy atom. The van der Waals surface area contributed by atoms with Gasteiger partial charge in [0.25, 0.3) is 0 Å². The molecule has 0 aliphatic heterocycles. The van der Waals surface area contributed by atoms with Gasteiger partial charge >= 0.3 is 0 Å². The van der Waals surface area contributed by atoms with Gasteiger partial charge in [0, 0.05) is 5.92 Å². The third-order valence-corrected chi connectivity index (χ3v) is 3.79. The molecule has 1 aromatic carbocycles. The van der Waals surface area contributed by atoms with Crippen molar-refractivity contribution >= 4 is 5.78 Å². The average Bonchev–Trinajstić information content (AvgIpc) is 2.45. The fourth-order valence-electron chi connectivity index (χ4n) is 2.37. The summed E-state index contributed by atoms with van der Waals surface area (Å²) in [6.07, 6.45) is 1.50. The molecule has 2 unspecified atom stereocenters. The van der Waals surface area contributed by atoms with Gasteiger partial charge in [0.05, 0.1) is 11.7 Å². The lowest BCUT2D eigenvalue weighted by molar-refractivity contribution is 0.0911. The number of benzene rings is 1. The summed E-state index contributed by atoms with van der Waals surface area (Å²) in [5.74, 6) is -0.0999. The molecule has 1 rings (SSSR count). The molecule has 0 saturated carbocycles. The second kappa shape index (κ2) is 8.02. The van der Waals surface area contributed by atoms with E-state index in [4.69, 9.17) is 5.73 Å². The summed E-state index contributed by atoms with van der Waals surface area (Å²) in [7, 11) is 0. The zero-order valence-electron chi connectivity index (χ0n) is 12.7. The molecule has 112 valence electrons. The van der Waals surface area contributed by atoms with E-state index in [1.54, 1.807) is 24.3 Å². The first-order valence-electron chi connectivity index (χ1n) is 7.33. The summed E-state index contributed by atoms with van der Waals surface area (Å²) in [5, 5.41) is 9.72. The third kappa shape index (κ3) is 4.32. The van der Waals surface area contributed by atoms with Gasteiger partial charge in [-0.2, -0.15) is 0 Å². The van der Waals surface area contributed by atoms with Crippen LogP contribution in [0.1, 0.15) is 44.0 Å². The number of phenols is 1. The van der Waals surface area contributed by atoms with Crippen molar-refractivity contribution in [2.24, 2.45) is 11.7 Å². The molecular formula is C16H26N2O2. The quantitative estimate of drug-likeness (QED) is 0.566. The Morgan fingerprint density at radius 1 is 1.25 bits per heavy atom. The number of ketones is 1. The van der Waals surface area contributed by atoms with Crippen LogP contribution in [0.2, 0.25) is 0 Å². The molecule has 4 nitrogen and oxygen atoms in total. The van der Waals surface area contributed by atoms with E-state index in [-0.39, 0.29) is 23.6 Å². The maximum absolute atomic E-state index is 12.3. The number of hydrogen-bond donors (Lipinski definition) is 2. The molecule has 0 spiro atoms. The van der Waals surface area contributed by atoms with Gasteiger partial charge in [-0.05, 0) is 38.1 Å². The molecule has 4 heteroatoms. The molecule has 0 aromatic heterocycles. The van der Waals surface area contributed by atoms with Crippen LogP contribution in [0, 0.1) is 5.92 Å². The summed E-state index contributed by atoms with van der Waals surface area (Å²) in [4.78, 5) is 14.5. The Labute approximate surface area is 121 Å². The molecule has 20 heavy (non-hydrogen) atoms. The van der Waals surface area contributed by atoms with Gasteiger partial charge in [0.1, 0.15) is 5.75 Å². The van der Waals surface area contributed by atoms with Crippen LogP contribution in [-0.4, -0.2) is 35.0 Å². The molecule has 0 bridgehead atoms. The SMILES string of the molecule is CCN(CC)C(N)CCC(C)C(=O)c1ccccc1O. The first kappa shape index (κ1) is 16.7. The minimum Gasteiger partial charge on any atom is -0.507 e. The Bertz CT molecular complexity index is 430. The number of phenolic OH excluding ortho intramolecular Hbond substituents is 1. The molecule has 3 N–H and O–H groups in total. The number of Topliss-reactive ketones (excluding diaryl/α,β-unsaturated/α-hetero) is 1. The van der Waals surface area contributed by atoms with E-state index in [0.717, 1.165) is 25.9 Å². The largest absolute Gasteiger partial charge is 0.507 e. The Balaban J connectivity index is 2.57. The predicted molar refractivity (Wildman–Crippen MR) is 81.7 cm³/mol. The minimum atomic E-state index is -0.134. The zero-order chi connectivity index (χ0) is 15.1. The van der Waals surface area contributed by atoms with Crippen LogP contribution in [0.3, 0.4) is 0 Å². The number of nitrogens with two attached hydrogens (primary N) is 1. The van der Waals surface area contributed by atoms with Crippen LogP contribution in [-0.2, 0) is 0 Å². The van der Waals surface area contributed by atoms with E-state index in [9.17, 15) is 9.90 Å². The maximum Gasteiger partial charge on any atom is 0.169 e. The zero-order valence-corrected chi connectivity index (χ0v) is 12.7. The van der Waals surface area contributed by atoms with Crippen LogP contribution in [0.5, 0.6) is 5.75 Å². The van der Waals surface area contributed by atoms with Crippen LogP contribution >= 0.6 is 0 Å². The number of hydrogen-bond acceptors (Lipinski definition) is 4. The topological polar surface area (TPSA) is 66.6 Å². The smallest absolute Gasteiger partial charge is 0.169 e. The fraction of sp³-hybridized carbons (Fsp3) is 0.562. The standard InChI is InChI=1S/C16H26N2O2/c1-4-18(5-2)15(17)11-10-12(3)16(20)13-8-6-7-9-14(13)19/h6-9,12,15,19H,4-5,10-11,17H2,1-3H3. The molecule has 0 saturated heterocycles. The van der Waals surface area contributed by atoms with E-state index in [2.05, 4.69) is 18.7 Å². The average molecular weight is 278 g/mol. The van der Waals surface area contributed by atoms with E-state index in [1.165, 1.54) is 0 Å². The van der Waals surface area contributed by atoms with E-state index >= 15 is 0 Å². The fourth-order valence-corrected chi connectivity index (χ4v) is 2.37. The van der Waals surface area contributed by atoms with Gasteiger partial charge in [-0.3, -0.25) is 9.69 Å². The van der Waals surface area contributed by atoms with Crippen LogP contribution < -0.4 is 5.73 Å². The predicted octanol–water partition coefficient (Wildman–Crippen LogP) is 2.62. The number of nitrogens with zero attached hydrogens (tertiary/aromatic N) is 1. The maximum atomic E-state index is 12.3. The minimum absolute atomic E-state index is 0.00961. The molecule has 0 amide bonds. The summed E-state index contributed by atoms with van der Waals surface area (Å²) < 4.78 is 0. The number of aromatic hydroxyl groups is 1. The van der Waals surface area contributed by atoms with Gasteiger partial charge in [-0.15, -0.1) is 0 Å². The Hall–Kier alpha value is -1.39. The normalized spacial score (nSPS) is 14.2. The molecule has 0 radical (unpaired) electrons. The second-order valence-corrected chi connectivity index (χ2v) is 5.15. The molecule has 0 aliphatic carbocycles. The first-order valence-corrected chi connectivity index (χ1v) is 7.33. The van der Waals surface area contributed by atoms with E-state index in [1.807, 2.05) is 6.92 Å². The Kier molecular flexibility index (Phi) is 6.68. The lowest BCUT2D eigenvalue weighted by atomic mass is 9.94. The lowest BCUT2D eigenvalue weighted by Gasteiger charge is -2.26. The number of carbonyl (C=O) groups is 1. The van der Waals surface area contributed by atoms with Crippen molar-refractivity contribution < 1.29 is 9.90 Å². The highest BCUT2D eigenvalue weighted by Gasteiger charge is 2.20. The Morgan fingerprint density at radius 3 is 2.40 bits per heavy atom. The third-order valence-electron chi connectivity index (χ3n) is 3.79. The van der Waals surface area contributed by atoms with Gasteiger partial charge < -0.3 is 10.8 Å². The van der Waals surface area contributed by atoms with Crippen molar-refractivity contribution in [2.75, 3.05) is 13.1 Å². The molecule has 2 atom stereocenters. The molecular weight excluding hydrogens is 252 g/mol. The molecule has 1 aromatic rings. The number of carbonyl (C=O) groups excluding carboxylic acids is 1. The highest BCUT2D eigenvalue weighted by molar-refractivity contribution is 5.99. The second-order valence-electron chi connectivity index (χ2n) is 5.15. The summed E-state index contributed by atoms with van der Waals surface area (Å²) >= 11 is 0. The van der Waals surface area contributed by atoms with Crippen molar-refractivity contribution in [1.29, 1.82) is 0 Å². The highest BCUT2D eigenvalue weighted by atomic mass is 16.3. The number of para-hydroxylation sites is 1. The molecule has 0 fully saturated rings. The first-order chi connectivity index (χ1) is 9.51. The van der Waals surface area contributed by atoms with Crippen LogP contribution in [0.15, 0.2) is 24.3 Å². The van der Waals surface area contributed by atoms with Gasteiger partial charge in [-0.1, -0.05) is 32.9 Å². The van der Waals surface area contributed by atoms with E-state index < -0.39 is 0 Å². The number of rotatable bonds is 8. The molecule has 0 heterocycles. The van der Waals surface area contributed by atoms with Gasteiger partial charge in [-0.25, -0.2) is 0 Å². The summed E-state index contributed by atoms with van der Waals surface area (Å²) in [5.41, 5.74) is 6.52. The monoisotopic (exact) mass is 278 g/mol. The highest BCUT2D eigenvalue weighted by Crippen LogP contribution is 2.22. The van der Waals surface area contributed by atoms with Gasteiger partial charge in [0.15, 0.2) is 5.78 Å². The van der Waals surface area contributed by atoms with Gasteiger partial charge in [0.2, 0.25) is 0 Å². The molecule has 0 aliphatic rings. The van der Waals surface area contributed by atoms with Crippen molar-refractivity contribution in [3.63, 3.8) is 0 Å². The van der Waals surface area contributed by atoms with Crippen molar-refractivity contribution in [3.8, 4) is 5.75 Å².